The molecule has 0 aliphatic rings. The Morgan fingerprint density at radius 2 is 1.12 bits per heavy atom. The molecule has 0 aromatic heterocycles. The van der Waals surface area contributed by atoms with Gasteiger partial charge in [-0.25, -0.2) is 0 Å². The van der Waals surface area contributed by atoms with Crippen LogP contribution in [-0.4, -0.2) is 6.34 Å². The first kappa shape index (κ1) is 12.7. The van der Waals surface area contributed by atoms with Crippen LogP contribution < -0.4 is 4.90 Å². The van der Waals surface area contributed by atoms with Crippen LogP contribution in [0.5, 0.6) is 0 Å². The van der Waals surface area contributed by atoms with Gasteiger partial charge in [0.25, 0.3) is 0 Å². The summed E-state index contributed by atoms with van der Waals surface area (Å²) >= 11 is 0. The summed E-state index contributed by atoms with van der Waals surface area (Å²) in [7, 11) is 0. The van der Waals surface area contributed by atoms with E-state index < -0.39 is 0 Å². The van der Waals surface area contributed by atoms with Gasteiger partial charge < -0.3 is 4.90 Å². The Bertz CT molecular complexity index is 389. The predicted octanol–water partition coefficient (Wildman–Crippen LogP) is 4.05. The van der Waals surface area contributed by atoms with E-state index in [1.165, 1.54) is 6.34 Å². The largest absolute Gasteiger partial charge is 0.302 e. The molecule has 0 spiro atoms. The quantitative estimate of drug-likeness (QED) is 0.515. The van der Waals surface area contributed by atoms with Gasteiger partial charge in [-0.05, 0) is 24.3 Å². The molecule has 0 amide bonds. The van der Waals surface area contributed by atoms with Crippen LogP contribution >= 0.6 is 24.0 Å². The molecule has 2 aromatic rings. The molecule has 0 heterocycles. The molecule has 2 nitrogen and oxygen atoms in total. The van der Waals surface area contributed by atoms with Crippen LogP contribution in [0.2, 0.25) is 0 Å². The van der Waals surface area contributed by atoms with Gasteiger partial charge in [0.05, 0.1) is 6.34 Å². The normalized spacial score (nSPS) is 9.00. The number of para-hydroxylation sites is 2. The minimum absolute atomic E-state index is 0. The summed E-state index contributed by atoms with van der Waals surface area (Å²) in [4.78, 5) is 1.83. The van der Waals surface area contributed by atoms with Crippen molar-refractivity contribution >= 4 is 41.7 Å². The van der Waals surface area contributed by atoms with Crippen LogP contribution in [0.15, 0.2) is 60.7 Å². The number of benzene rings is 2. The number of rotatable bonds is 3. The summed E-state index contributed by atoms with van der Waals surface area (Å²) in [6.45, 7) is 0. The molecule has 0 atom stereocenters. The van der Waals surface area contributed by atoms with Gasteiger partial charge >= 0.3 is 0 Å². The lowest BCUT2D eigenvalue weighted by Crippen LogP contribution is -2.12. The first-order valence-electron chi connectivity index (χ1n) is 4.82. The summed E-state index contributed by atoms with van der Waals surface area (Å²) in [5.41, 5.74) is 2.00. The Balaban J connectivity index is 0.00000128. The second-order valence-corrected chi connectivity index (χ2v) is 3.17. The van der Waals surface area contributed by atoms with Crippen molar-refractivity contribution in [3.05, 3.63) is 60.7 Å². The van der Waals surface area contributed by atoms with E-state index in [1.807, 2.05) is 65.6 Å². The molecule has 0 unspecified atom stereocenters. The number of nitrogens with zero attached hydrogens (tertiary/aromatic N) is 1. The SMILES string of the molecule is I.N=CN(c1ccccc1)c1ccccc1. The molecule has 82 valence electrons. The molecule has 16 heavy (non-hydrogen) atoms. The first-order chi connectivity index (χ1) is 7.42. The number of anilines is 2. The van der Waals surface area contributed by atoms with E-state index in [0.29, 0.717) is 0 Å². The molecule has 1 N–H and O–H groups in total. The molecular formula is C13H13IN2. The molecule has 0 aliphatic carbocycles. The second-order valence-electron chi connectivity index (χ2n) is 3.17. The topological polar surface area (TPSA) is 27.1 Å². The van der Waals surface area contributed by atoms with Gasteiger partial charge in [-0.15, -0.1) is 24.0 Å². The summed E-state index contributed by atoms with van der Waals surface area (Å²) in [5, 5.41) is 7.44. The summed E-state index contributed by atoms with van der Waals surface area (Å²) in [5.74, 6) is 0. The third-order valence-corrected chi connectivity index (χ3v) is 2.20. The molecule has 2 aromatic carbocycles. The van der Waals surface area contributed by atoms with Crippen molar-refractivity contribution in [3.8, 4) is 0 Å². The fourth-order valence-corrected chi connectivity index (χ4v) is 1.48. The summed E-state index contributed by atoms with van der Waals surface area (Å²) in [6.07, 6.45) is 1.32. The highest BCUT2D eigenvalue weighted by molar-refractivity contribution is 14.0. The van der Waals surface area contributed by atoms with Gasteiger partial charge in [-0.3, -0.25) is 5.41 Å². The van der Waals surface area contributed by atoms with E-state index >= 15 is 0 Å². The van der Waals surface area contributed by atoms with Crippen LogP contribution in [0, 0.1) is 5.41 Å². The van der Waals surface area contributed by atoms with Crippen molar-refractivity contribution in [1.29, 1.82) is 5.41 Å². The van der Waals surface area contributed by atoms with E-state index in [-0.39, 0.29) is 24.0 Å². The maximum atomic E-state index is 7.44. The highest BCUT2D eigenvalue weighted by Gasteiger charge is 2.03. The maximum Gasteiger partial charge on any atom is 0.0907 e. The van der Waals surface area contributed by atoms with Crippen LogP contribution in [0.25, 0.3) is 0 Å². The Kier molecular flexibility index (Phi) is 4.98. The molecular weight excluding hydrogens is 311 g/mol. The minimum Gasteiger partial charge on any atom is -0.302 e. The Morgan fingerprint density at radius 3 is 1.44 bits per heavy atom. The Labute approximate surface area is 112 Å². The van der Waals surface area contributed by atoms with Gasteiger partial charge in [-0.2, -0.15) is 0 Å². The van der Waals surface area contributed by atoms with Crippen LogP contribution in [0.3, 0.4) is 0 Å². The van der Waals surface area contributed by atoms with Crippen molar-refractivity contribution in [2.24, 2.45) is 0 Å². The van der Waals surface area contributed by atoms with Gasteiger partial charge in [0.15, 0.2) is 0 Å². The fourth-order valence-electron chi connectivity index (χ4n) is 1.48. The average molecular weight is 324 g/mol. The highest BCUT2D eigenvalue weighted by atomic mass is 127. The lowest BCUT2D eigenvalue weighted by Gasteiger charge is -2.18. The minimum atomic E-state index is 0. The zero-order valence-electron chi connectivity index (χ0n) is 8.71. The van der Waals surface area contributed by atoms with E-state index in [9.17, 15) is 0 Å². The van der Waals surface area contributed by atoms with Crippen LogP contribution in [0.4, 0.5) is 11.4 Å². The third kappa shape index (κ3) is 2.82. The second kappa shape index (κ2) is 6.27. The molecule has 3 heteroatoms. The molecule has 0 saturated carbocycles. The number of hydrogen-bond donors (Lipinski definition) is 1. The standard InChI is InChI=1S/C13H12N2.HI/c14-11-15(12-7-3-1-4-8-12)13-9-5-2-6-10-13;/h1-11,14H;1H. The van der Waals surface area contributed by atoms with Crippen LogP contribution in [0.1, 0.15) is 0 Å². The molecule has 0 aliphatic heterocycles. The summed E-state index contributed by atoms with van der Waals surface area (Å²) in [6, 6.07) is 19.7. The number of nitrogens with one attached hydrogen (secondary N) is 1. The van der Waals surface area contributed by atoms with Crippen molar-refractivity contribution in [3.63, 3.8) is 0 Å². The van der Waals surface area contributed by atoms with Gasteiger partial charge in [0.1, 0.15) is 0 Å². The zero-order chi connectivity index (χ0) is 10.5. The van der Waals surface area contributed by atoms with E-state index in [0.717, 1.165) is 11.4 Å². The van der Waals surface area contributed by atoms with Crippen molar-refractivity contribution < 1.29 is 0 Å². The lowest BCUT2D eigenvalue weighted by atomic mass is 10.2. The van der Waals surface area contributed by atoms with Gasteiger partial charge in [-0.1, -0.05) is 36.4 Å². The summed E-state index contributed by atoms with van der Waals surface area (Å²) < 4.78 is 0. The van der Waals surface area contributed by atoms with E-state index in [2.05, 4.69) is 0 Å². The average Bonchev–Trinajstić information content (AvgIpc) is 2.33. The monoisotopic (exact) mass is 324 g/mol. The smallest absolute Gasteiger partial charge is 0.0907 e. The fraction of sp³-hybridized carbons (Fsp3) is 0. The Hall–Kier alpha value is -1.36. The molecule has 2 rings (SSSR count). The third-order valence-electron chi connectivity index (χ3n) is 2.20. The van der Waals surface area contributed by atoms with Gasteiger partial charge in [0, 0.05) is 11.4 Å². The van der Waals surface area contributed by atoms with E-state index in [4.69, 9.17) is 5.41 Å². The van der Waals surface area contributed by atoms with Crippen molar-refractivity contribution in [2.75, 3.05) is 4.90 Å². The molecule has 0 saturated heterocycles. The first-order valence-corrected chi connectivity index (χ1v) is 4.82. The predicted molar refractivity (Wildman–Crippen MR) is 79.2 cm³/mol. The molecule has 0 fully saturated rings. The zero-order valence-corrected chi connectivity index (χ0v) is 11.0. The van der Waals surface area contributed by atoms with Crippen LogP contribution in [-0.2, 0) is 0 Å². The Morgan fingerprint density at radius 1 is 0.750 bits per heavy atom. The molecule has 0 bridgehead atoms. The van der Waals surface area contributed by atoms with Crippen molar-refractivity contribution in [2.45, 2.75) is 0 Å². The molecule has 0 radical (unpaired) electrons. The maximum absolute atomic E-state index is 7.44. The number of halogens is 1. The number of hydrogen-bond acceptors (Lipinski definition) is 1. The highest BCUT2D eigenvalue weighted by Crippen LogP contribution is 2.22. The van der Waals surface area contributed by atoms with E-state index in [1.54, 1.807) is 0 Å². The van der Waals surface area contributed by atoms with Crippen molar-refractivity contribution in [1.82, 2.24) is 0 Å². The lowest BCUT2D eigenvalue weighted by molar-refractivity contribution is 1.34. The van der Waals surface area contributed by atoms with Gasteiger partial charge in [0.2, 0.25) is 0 Å².